The maximum atomic E-state index is 13.0. The summed E-state index contributed by atoms with van der Waals surface area (Å²) in [5, 5.41) is 0. The van der Waals surface area contributed by atoms with E-state index >= 15 is 0 Å². The lowest BCUT2D eigenvalue weighted by molar-refractivity contribution is 0.183. The van der Waals surface area contributed by atoms with E-state index in [4.69, 9.17) is 5.73 Å². The maximum absolute atomic E-state index is 13.0. The van der Waals surface area contributed by atoms with Crippen LogP contribution in [0, 0.1) is 5.82 Å². The van der Waals surface area contributed by atoms with Gasteiger partial charge in [0, 0.05) is 12.6 Å². The van der Waals surface area contributed by atoms with Gasteiger partial charge in [0.1, 0.15) is 5.82 Å². The van der Waals surface area contributed by atoms with Crippen LogP contribution in [0.3, 0.4) is 0 Å². The Hall–Kier alpha value is -0.930. The number of rotatable bonds is 3. The van der Waals surface area contributed by atoms with Gasteiger partial charge in [-0.3, -0.25) is 4.90 Å². The fraction of sp³-hybridized carbons (Fsp3) is 0.600. The molecular formula is C15H23FN2. The molecule has 1 aliphatic heterocycles. The highest BCUT2D eigenvalue weighted by atomic mass is 19.1. The normalized spacial score (nSPS) is 20.1. The SMILES string of the molecule is NCC(c1ccc(F)cc1)N1CCCCCCC1. The van der Waals surface area contributed by atoms with Crippen LogP contribution in [-0.4, -0.2) is 24.5 Å². The first-order chi connectivity index (χ1) is 8.81. The molecule has 2 nitrogen and oxygen atoms in total. The summed E-state index contributed by atoms with van der Waals surface area (Å²) in [6.07, 6.45) is 6.49. The van der Waals surface area contributed by atoms with E-state index in [0.717, 1.165) is 18.7 Å². The fourth-order valence-electron chi connectivity index (χ4n) is 2.76. The standard InChI is InChI=1S/C15H23FN2/c16-14-8-6-13(7-9-14)15(12-17)18-10-4-2-1-3-5-11-18/h6-9,15H,1-5,10-12,17H2. The molecule has 0 amide bonds. The molecule has 1 unspecified atom stereocenters. The van der Waals surface area contributed by atoms with Gasteiger partial charge in [-0.1, -0.05) is 31.4 Å². The lowest BCUT2D eigenvalue weighted by Crippen LogP contribution is -2.36. The molecule has 1 atom stereocenters. The lowest BCUT2D eigenvalue weighted by atomic mass is 10.0. The number of nitrogens with zero attached hydrogens (tertiary/aromatic N) is 1. The third-order valence-corrected chi connectivity index (χ3v) is 3.81. The summed E-state index contributed by atoms with van der Waals surface area (Å²) < 4.78 is 13.0. The molecule has 1 aromatic rings. The highest BCUT2D eigenvalue weighted by Gasteiger charge is 2.19. The van der Waals surface area contributed by atoms with Crippen LogP contribution in [0.1, 0.15) is 43.7 Å². The van der Waals surface area contributed by atoms with Gasteiger partial charge in [0.25, 0.3) is 0 Å². The van der Waals surface area contributed by atoms with Crippen LogP contribution in [0.4, 0.5) is 4.39 Å². The first-order valence-electron chi connectivity index (χ1n) is 7.01. The zero-order valence-electron chi connectivity index (χ0n) is 10.9. The molecule has 0 saturated carbocycles. The largest absolute Gasteiger partial charge is 0.329 e. The Morgan fingerprint density at radius 2 is 1.56 bits per heavy atom. The molecule has 0 radical (unpaired) electrons. The van der Waals surface area contributed by atoms with Crippen molar-refractivity contribution in [3.63, 3.8) is 0 Å². The summed E-state index contributed by atoms with van der Waals surface area (Å²) >= 11 is 0. The predicted octanol–water partition coefficient (Wildman–Crippen LogP) is 3.09. The van der Waals surface area contributed by atoms with Crippen LogP contribution in [0.25, 0.3) is 0 Å². The molecule has 1 saturated heterocycles. The van der Waals surface area contributed by atoms with Crippen molar-refractivity contribution in [3.05, 3.63) is 35.6 Å². The van der Waals surface area contributed by atoms with E-state index in [0.29, 0.717) is 6.54 Å². The van der Waals surface area contributed by atoms with E-state index in [9.17, 15) is 4.39 Å². The molecule has 0 aliphatic carbocycles. The van der Waals surface area contributed by atoms with Crippen LogP contribution < -0.4 is 5.73 Å². The van der Waals surface area contributed by atoms with Crippen molar-refractivity contribution in [2.45, 2.75) is 38.1 Å². The molecule has 100 valence electrons. The Bertz CT molecular complexity index is 342. The minimum absolute atomic E-state index is 0.179. The van der Waals surface area contributed by atoms with Crippen LogP contribution in [-0.2, 0) is 0 Å². The lowest BCUT2D eigenvalue weighted by Gasteiger charge is -2.32. The second-order valence-corrected chi connectivity index (χ2v) is 5.11. The average molecular weight is 250 g/mol. The summed E-state index contributed by atoms with van der Waals surface area (Å²) in [5.74, 6) is -0.179. The van der Waals surface area contributed by atoms with Gasteiger partial charge in [-0.25, -0.2) is 4.39 Å². The van der Waals surface area contributed by atoms with Crippen molar-refractivity contribution in [3.8, 4) is 0 Å². The van der Waals surface area contributed by atoms with Gasteiger partial charge in [0.2, 0.25) is 0 Å². The minimum Gasteiger partial charge on any atom is -0.329 e. The summed E-state index contributed by atoms with van der Waals surface area (Å²) in [6, 6.07) is 7.03. The first-order valence-corrected chi connectivity index (χ1v) is 7.01. The molecule has 1 aromatic carbocycles. The van der Waals surface area contributed by atoms with E-state index in [1.165, 1.54) is 44.2 Å². The van der Waals surface area contributed by atoms with Crippen LogP contribution in [0.2, 0.25) is 0 Å². The Morgan fingerprint density at radius 1 is 1.00 bits per heavy atom. The van der Waals surface area contributed by atoms with E-state index in [2.05, 4.69) is 4.90 Å². The quantitative estimate of drug-likeness (QED) is 0.893. The maximum Gasteiger partial charge on any atom is 0.123 e. The molecule has 1 fully saturated rings. The van der Waals surface area contributed by atoms with Gasteiger partial charge in [-0.2, -0.15) is 0 Å². The predicted molar refractivity (Wildman–Crippen MR) is 72.9 cm³/mol. The molecule has 1 aliphatic rings. The fourth-order valence-corrected chi connectivity index (χ4v) is 2.76. The zero-order valence-corrected chi connectivity index (χ0v) is 10.9. The number of likely N-dealkylation sites (tertiary alicyclic amines) is 1. The topological polar surface area (TPSA) is 29.3 Å². The average Bonchev–Trinajstić information content (AvgIpc) is 2.34. The molecule has 1 heterocycles. The summed E-state index contributed by atoms with van der Waals surface area (Å²) in [6.45, 7) is 2.82. The molecule has 0 spiro atoms. The zero-order chi connectivity index (χ0) is 12.8. The number of halogens is 1. The van der Waals surface area contributed by atoms with Gasteiger partial charge >= 0.3 is 0 Å². The summed E-state index contributed by atoms with van der Waals surface area (Å²) in [7, 11) is 0. The number of benzene rings is 1. The molecule has 0 aromatic heterocycles. The van der Waals surface area contributed by atoms with Crippen LogP contribution >= 0.6 is 0 Å². The molecule has 18 heavy (non-hydrogen) atoms. The van der Waals surface area contributed by atoms with Crippen molar-refractivity contribution in [2.75, 3.05) is 19.6 Å². The molecular weight excluding hydrogens is 227 g/mol. The Balaban J connectivity index is 2.08. The second-order valence-electron chi connectivity index (χ2n) is 5.11. The van der Waals surface area contributed by atoms with Crippen molar-refractivity contribution in [1.29, 1.82) is 0 Å². The number of hydrogen-bond donors (Lipinski definition) is 1. The highest BCUT2D eigenvalue weighted by Crippen LogP contribution is 2.23. The molecule has 3 heteroatoms. The third kappa shape index (κ3) is 3.53. The highest BCUT2D eigenvalue weighted by molar-refractivity contribution is 5.20. The Kier molecular flexibility index (Phi) is 5.14. The summed E-state index contributed by atoms with van der Waals surface area (Å²) in [5.41, 5.74) is 7.07. The van der Waals surface area contributed by atoms with Crippen molar-refractivity contribution in [1.82, 2.24) is 4.90 Å². The first kappa shape index (κ1) is 13.5. The molecule has 2 rings (SSSR count). The van der Waals surface area contributed by atoms with Gasteiger partial charge < -0.3 is 5.73 Å². The monoisotopic (exact) mass is 250 g/mol. The van der Waals surface area contributed by atoms with E-state index in [1.54, 1.807) is 0 Å². The van der Waals surface area contributed by atoms with E-state index < -0.39 is 0 Å². The smallest absolute Gasteiger partial charge is 0.123 e. The number of nitrogens with two attached hydrogens (primary N) is 1. The Labute approximate surface area is 109 Å². The van der Waals surface area contributed by atoms with Crippen LogP contribution in [0.15, 0.2) is 24.3 Å². The Morgan fingerprint density at radius 3 is 2.11 bits per heavy atom. The van der Waals surface area contributed by atoms with Gasteiger partial charge in [-0.15, -0.1) is 0 Å². The molecule has 2 N–H and O–H groups in total. The summed E-state index contributed by atoms with van der Waals surface area (Å²) in [4.78, 5) is 2.46. The van der Waals surface area contributed by atoms with Crippen molar-refractivity contribution >= 4 is 0 Å². The van der Waals surface area contributed by atoms with Gasteiger partial charge in [-0.05, 0) is 43.6 Å². The minimum atomic E-state index is -0.179. The van der Waals surface area contributed by atoms with Gasteiger partial charge in [0.05, 0.1) is 0 Å². The third-order valence-electron chi connectivity index (χ3n) is 3.81. The molecule has 0 bridgehead atoms. The number of hydrogen-bond acceptors (Lipinski definition) is 2. The van der Waals surface area contributed by atoms with E-state index in [1.807, 2.05) is 12.1 Å². The van der Waals surface area contributed by atoms with Crippen molar-refractivity contribution in [2.24, 2.45) is 5.73 Å². The second kappa shape index (κ2) is 6.86. The van der Waals surface area contributed by atoms with E-state index in [-0.39, 0.29) is 11.9 Å². The van der Waals surface area contributed by atoms with Crippen molar-refractivity contribution < 1.29 is 4.39 Å². The van der Waals surface area contributed by atoms with Crippen LogP contribution in [0.5, 0.6) is 0 Å². The van der Waals surface area contributed by atoms with Gasteiger partial charge in [0.15, 0.2) is 0 Å².